The summed E-state index contributed by atoms with van der Waals surface area (Å²) in [5.41, 5.74) is 5.45. The average molecular weight is 252 g/mol. The fourth-order valence-electron chi connectivity index (χ4n) is 2.17. The molecule has 0 bridgehead atoms. The summed E-state index contributed by atoms with van der Waals surface area (Å²) in [6, 6.07) is 1.73. The van der Waals surface area contributed by atoms with Crippen LogP contribution in [0, 0.1) is 0 Å². The van der Waals surface area contributed by atoms with Gasteiger partial charge in [0.05, 0.1) is 18.8 Å². The van der Waals surface area contributed by atoms with Crippen LogP contribution in [0.3, 0.4) is 0 Å². The highest BCUT2D eigenvalue weighted by atomic mass is 16.5. The molecule has 1 fully saturated rings. The number of aromatic nitrogens is 2. The van der Waals surface area contributed by atoms with Crippen molar-refractivity contribution in [3.63, 3.8) is 0 Å². The Balaban J connectivity index is 2.20. The van der Waals surface area contributed by atoms with Crippen molar-refractivity contribution in [3.05, 3.63) is 12.3 Å². The lowest BCUT2D eigenvalue weighted by molar-refractivity contribution is -0.0792. The van der Waals surface area contributed by atoms with Gasteiger partial charge >= 0.3 is 0 Å². The number of morpholine rings is 1. The van der Waals surface area contributed by atoms with Crippen LogP contribution in [0.4, 0.5) is 5.95 Å². The molecule has 1 aromatic rings. The number of methoxy groups -OCH3 is 1. The van der Waals surface area contributed by atoms with E-state index in [4.69, 9.17) is 15.2 Å². The molecule has 1 aliphatic heterocycles. The van der Waals surface area contributed by atoms with Crippen molar-refractivity contribution in [1.29, 1.82) is 0 Å². The Morgan fingerprint density at radius 1 is 1.61 bits per heavy atom. The number of ether oxygens (including phenoxy) is 2. The highest BCUT2D eigenvalue weighted by Crippen LogP contribution is 2.24. The molecule has 2 N–H and O–H groups in total. The van der Waals surface area contributed by atoms with Crippen LogP contribution in [0.25, 0.3) is 0 Å². The third-order valence-corrected chi connectivity index (χ3v) is 2.85. The lowest BCUT2D eigenvalue weighted by Crippen LogP contribution is -2.55. The predicted octanol–water partition coefficient (Wildman–Crippen LogP) is 0.428. The first kappa shape index (κ1) is 13.0. The van der Waals surface area contributed by atoms with E-state index in [9.17, 15) is 0 Å². The van der Waals surface area contributed by atoms with Gasteiger partial charge < -0.3 is 20.1 Å². The van der Waals surface area contributed by atoms with Crippen molar-refractivity contribution in [1.82, 2.24) is 9.97 Å². The van der Waals surface area contributed by atoms with Gasteiger partial charge in [-0.25, -0.2) is 4.98 Å². The molecule has 18 heavy (non-hydrogen) atoms. The first-order valence-electron chi connectivity index (χ1n) is 6.04. The first-order valence-corrected chi connectivity index (χ1v) is 6.04. The van der Waals surface area contributed by atoms with Crippen molar-refractivity contribution in [3.8, 4) is 5.88 Å². The highest BCUT2D eigenvalue weighted by Gasteiger charge is 2.33. The smallest absolute Gasteiger partial charge is 0.228 e. The molecule has 0 spiro atoms. The van der Waals surface area contributed by atoms with Gasteiger partial charge in [-0.1, -0.05) is 0 Å². The van der Waals surface area contributed by atoms with E-state index in [1.165, 1.54) is 0 Å². The molecule has 0 saturated carbocycles. The second kappa shape index (κ2) is 5.07. The molecule has 0 aromatic carbocycles. The summed E-state index contributed by atoms with van der Waals surface area (Å²) in [5.74, 6) is 1.22. The molecule has 1 atom stereocenters. The lowest BCUT2D eigenvalue weighted by Gasteiger charge is -2.42. The van der Waals surface area contributed by atoms with Crippen LogP contribution < -0.4 is 15.4 Å². The van der Waals surface area contributed by atoms with Crippen LogP contribution in [-0.4, -0.2) is 48.4 Å². The van der Waals surface area contributed by atoms with Gasteiger partial charge in [0.2, 0.25) is 11.8 Å². The minimum absolute atomic E-state index is 0.00329. The number of anilines is 1. The fourth-order valence-corrected chi connectivity index (χ4v) is 2.17. The Labute approximate surface area is 107 Å². The summed E-state index contributed by atoms with van der Waals surface area (Å²) in [6.45, 7) is 6.01. The van der Waals surface area contributed by atoms with E-state index >= 15 is 0 Å². The molecule has 1 aliphatic rings. The van der Waals surface area contributed by atoms with Gasteiger partial charge in [-0.2, -0.15) is 4.98 Å². The third kappa shape index (κ3) is 2.88. The quantitative estimate of drug-likeness (QED) is 0.841. The Morgan fingerprint density at radius 2 is 2.39 bits per heavy atom. The van der Waals surface area contributed by atoms with Crippen molar-refractivity contribution in [2.75, 3.05) is 31.6 Å². The van der Waals surface area contributed by atoms with E-state index in [2.05, 4.69) is 14.9 Å². The molecular weight excluding hydrogens is 232 g/mol. The van der Waals surface area contributed by atoms with Gasteiger partial charge in [-0.05, 0) is 13.8 Å². The van der Waals surface area contributed by atoms with Crippen LogP contribution in [0.1, 0.15) is 13.8 Å². The minimum Gasteiger partial charge on any atom is -0.481 e. The molecule has 0 amide bonds. The van der Waals surface area contributed by atoms with Gasteiger partial charge in [-0.3, -0.25) is 0 Å². The normalized spacial score (nSPS) is 22.9. The van der Waals surface area contributed by atoms with Crippen LogP contribution >= 0.6 is 0 Å². The van der Waals surface area contributed by atoms with E-state index in [-0.39, 0.29) is 11.7 Å². The van der Waals surface area contributed by atoms with Gasteiger partial charge in [-0.15, -0.1) is 0 Å². The number of nitrogens with zero attached hydrogens (tertiary/aromatic N) is 3. The van der Waals surface area contributed by atoms with Crippen LogP contribution in [0.2, 0.25) is 0 Å². The second-order valence-electron chi connectivity index (χ2n) is 5.01. The van der Waals surface area contributed by atoms with Crippen molar-refractivity contribution in [2.24, 2.45) is 5.73 Å². The molecule has 1 aromatic heterocycles. The Bertz CT molecular complexity index is 411. The van der Waals surface area contributed by atoms with Crippen molar-refractivity contribution >= 4 is 5.95 Å². The van der Waals surface area contributed by atoms with Gasteiger partial charge in [0.1, 0.15) is 0 Å². The summed E-state index contributed by atoms with van der Waals surface area (Å²) in [4.78, 5) is 10.7. The maximum atomic E-state index is 5.88. The fraction of sp³-hybridized carbons (Fsp3) is 0.667. The Morgan fingerprint density at radius 3 is 3.06 bits per heavy atom. The standard InChI is InChI=1S/C12H20N4O2/c1-12(2)8-16(7-9(6-13)18-12)11-14-5-4-10(15-11)17-3/h4-5,9H,6-8,13H2,1-3H3. The van der Waals surface area contributed by atoms with Gasteiger partial charge in [0.15, 0.2) is 0 Å². The summed E-state index contributed by atoms with van der Waals surface area (Å²) in [6.07, 6.45) is 1.70. The average Bonchev–Trinajstić information content (AvgIpc) is 2.37. The maximum Gasteiger partial charge on any atom is 0.228 e. The zero-order valence-corrected chi connectivity index (χ0v) is 11.1. The summed E-state index contributed by atoms with van der Waals surface area (Å²) >= 11 is 0. The van der Waals surface area contributed by atoms with E-state index in [0.29, 0.717) is 24.9 Å². The molecule has 100 valence electrons. The number of rotatable bonds is 3. The Kier molecular flexibility index (Phi) is 3.68. The number of hydrogen-bond donors (Lipinski definition) is 1. The van der Waals surface area contributed by atoms with Gasteiger partial charge in [0, 0.05) is 31.9 Å². The molecule has 6 heteroatoms. The topological polar surface area (TPSA) is 73.5 Å². The third-order valence-electron chi connectivity index (χ3n) is 2.85. The summed E-state index contributed by atoms with van der Waals surface area (Å²) in [7, 11) is 1.60. The minimum atomic E-state index is -0.255. The van der Waals surface area contributed by atoms with Crippen molar-refractivity contribution < 1.29 is 9.47 Å². The largest absolute Gasteiger partial charge is 0.481 e. The van der Waals surface area contributed by atoms with Crippen LogP contribution in [0.5, 0.6) is 5.88 Å². The molecular formula is C12H20N4O2. The zero-order valence-electron chi connectivity index (χ0n) is 11.1. The Hall–Kier alpha value is -1.40. The summed E-state index contributed by atoms with van der Waals surface area (Å²) in [5, 5.41) is 0. The second-order valence-corrected chi connectivity index (χ2v) is 5.01. The molecule has 6 nitrogen and oxygen atoms in total. The molecule has 0 aliphatic carbocycles. The lowest BCUT2D eigenvalue weighted by atomic mass is 10.1. The van der Waals surface area contributed by atoms with E-state index < -0.39 is 0 Å². The summed E-state index contributed by atoms with van der Waals surface area (Å²) < 4.78 is 11.0. The van der Waals surface area contributed by atoms with Crippen LogP contribution in [0.15, 0.2) is 12.3 Å². The van der Waals surface area contributed by atoms with E-state index in [1.54, 1.807) is 19.4 Å². The predicted molar refractivity (Wildman–Crippen MR) is 68.8 cm³/mol. The van der Waals surface area contributed by atoms with E-state index in [1.807, 2.05) is 13.8 Å². The van der Waals surface area contributed by atoms with Gasteiger partial charge in [0.25, 0.3) is 0 Å². The SMILES string of the molecule is COc1ccnc(N2CC(CN)OC(C)(C)C2)n1. The zero-order chi connectivity index (χ0) is 13.2. The van der Waals surface area contributed by atoms with Crippen molar-refractivity contribution in [2.45, 2.75) is 25.6 Å². The maximum absolute atomic E-state index is 5.88. The molecule has 1 unspecified atom stereocenters. The molecule has 1 saturated heterocycles. The van der Waals surface area contributed by atoms with Crippen LogP contribution in [-0.2, 0) is 4.74 Å². The highest BCUT2D eigenvalue weighted by molar-refractivity contribution is 5.33. The van der Waals surface area contributed by atoms with E-state index in [0.717, 1.165) is 6.54 Å². The molecule has 0 radical (unpaired) electrons. The molecule has 2 heterocycles. The number of hydrogen-bond acceptors (Lipinski definition) is 6. The monoisotopic (exact) mass is 252 g/mol. The first-order chi connectivity index (χ1) is 8.54. The molecule has 2 rings (SSSR count). The number of nitrogens with two attached hydrogens (primary N) is 1.